The first-order valence-corrected chi connectivity index (χ1v) is 9.18. The lowest BCUT2D eigenvalue weighted by Crippen LogP contribution is -2.30. The molecule has 0 radical (unpaired) electrons. The molecule has 1 aliphatic rings. The first-order valence-electron chi connectivity index (χ1n) is 9.18. The molecule has 1 aliphatic heterocycles. The lowest BCUT2D eigenvalue weighted by atomic mass is 10.0. The van der Waals surface area contributed by atoms with E-state index in [4.69, 9.17) is 0 Å². The van der Waals surface area contributed by atoms with Crippen LogP contribution in [0.2, 0.25) is 0 Å². The average molecular weight is 349 g/mol. The van der Waals surface area contributed by atoms with Crippen molar-refractivity contribution in [3.63, 3.8) is 0 Å². The van der Waals surface area contributed by atoms with Crippen molar-refractivity contribution in [1.82, 2.24) is 9.47 Å². The Balaban J connectivity index is 1.90. The van der Waals surface area contributed by atoms with E-state index in [1.165, 1.54) is 25.0 Å². The van der Waals surface area contributed by atoms with Gasteiger partial charge in [0.1, 0.15) is 0 Å². The van der Waals surface area contributed by atoms with Crippen molar-refractivity contribution in [2.24, 2.45) is 7.05 Å². The number of likely N-dealkylation sites (tertiary alicyclic amines) is 1. The third-order valence-corrected chi connectivity index (χ3v) is 5.40. The van der Waals surface area contributed by atoms with E-state index in [0.717, 1.165) is 41.7 Å². The molecule has 0 atom stereocenters. The molecule has 2 heterocycles. The molecule has 1 saturated heterocycles. The highest BCUT2D eigenvalue weighted by Crippen LogP contribution is 2.37. The van der Waals surface area contributed by atoms with Gasteiger partial charge in [-0.3, -0.25) is 15.0 Å². The normalized spacial score (nSPS) is 15.4. The van der Waals surface area contributed by atoms with Crippen LogP contribution in [0.1, 0.15) is 25.0 Å². The molecule has 1 aromatic heterocycles. The highest BCUT2D eigenvalue weighted by molar-refractivity contribution is 5.99. The quantitative estimate of drug-likeness (QED) is 0.505. The average Bonchev–Trinajstić information content (AvgIpc) is 2.95. The fraction of sp³-hybridized carbons (Fsp3) is 0.333. The van der Waals surface area contributed by atoms with Gasteiger partial charge < -0.3 is 4.57 Å². The van der Waals surface area contributed by atoms with E-state index < -0.39 is 0 Å². The molecule has 0 amide bonds. The van der Waals surface area contributed by atoms with Crippen LogP contribution >= 0.6 is 0 Å². The van der Waals surface area contributed by atoms with Crippen LogP contribution in [0.5, 0.6) is 0 Å². The predicted molar refractivity (Wildman–Crippen MR) is 104 cm³/mol. The number of rotatable bonds is 4. The van der Waals surface area contributed by atoms with Crippen molar-refractivity contribution >= 4 is 16.6 Å². The van der Waals surface area contributed by atoms with E-state index in [1.807, 2.05) is 24.3 Å². The zero-order chi connectivity index (χ0) is 18.1. The fourth-order valence-electron chi connectivity index (χ4n) is 4.04. The summed E-state index contributed by atoms with van der Waals surface area (Å²) in [6.07, 6.45) is 3.80. The Bertz CT molecular complexity index is 941. The SMILES string of the molecule is Cn1c(CN2CCCCC2)c(-c2ccccc2)c2cc([N+](=O)[O-])ccc21. The maximum atomic E-state index is 11.3. The molecule has 26 heavy (non-hydrogen) atoms. The first kappa shape index (κ1) is 16.8. The van der Waals surface area contributed by atoms with Crippen LogP contribution in [-0.2, 0) is 13.6 Å². The Morgan fingerprint density at radius 3 is 2.46 bits per heavy atom. The second kappa shape index (κ2) is 6.92. The van der Waals surface area contributed by atoms with Gasteiger partial charge in [0.15, 0.2) is 0 Å². The highest BCUT2D eigenvalue weighted by Gasteiger charge is 2.21. The zero-order valence-corrected chi connectivity index (χ0v) is 15.0. The van der Waals surface area contributed by atoms with Crippen molar-refractivity contribution in [3.8, 4) is 11.1 Å². The summed E-state index contributed by atoms with van der Waals surface area (Å²) in [4.78, 5) is 13.5. The maximum absolute atomic E-state index is 11.3. The number of aromatic nitrogens is 1. The molecule has 0 bridgehead atoms. The topological polar surface area (TPSA) is 51.3 Å². The number of piperidine rings is 1. The summed E-state index contributed by atoms with van der Waals surface area (Å²) in [6, 6.07) is 15.4. The summed E-state index contributed by atoms with van der Waals surface area (Å²) in [6.45, 7) is 3.12. The Hall–Kier alpha value is -2.66. The monoisotopic (exact) mass is 349 g/mol. The minimum atomic E-state index is -0.314. The van der Waals surface area contributed by atoms with E-state index in [0.29, 0.717) is 0 Å². The molecule has 4 rings (SSSR count). The number of nitro groups is 1. The number of fused-ring (bicyclic) bond motifs is 1. The first-order chi connectivity index (χ1) is 12.6. The lowest BCUT2D eigenvalue weighted by molar-refractivity contribution is -0.384. The molecule has 5 nitrogen and oxygen atoms in total. The molecule has 2 aromatic carbocycles. The van der Waals surface area contributed by atoms with Gasteiger partial charge in [-0.25, -0.2) is 0 Å². The lowest BCUT2D eigenvalue weighted by Gasteiger charge is -2.27. The van der Waals surface area contributed by atoms with Crippen molar-refractivity contribution in [2.45, 2.75) is 25.8 Å². The summed E-state index contributed by atoms with van der Waals surface area (Å²) in [5.41, 5.74) is 4.66. The molecular weight excluding hydrogens is 326 g/mol. The molecule has 134 valence electrons. The molecule has 3 aromatic rings. The van der Waals surface area contributed by atoms with Crippen LogP contribution < -0.4 is 0 Å². The molecule has 0 saturated carbocycles. The number of benzene rings is 2. The third-order valence-electron chi connectivity index (χ3n) is 5.40. The Labute approximate surface area is 153 Å². The van der Waals surface area contributed by atoms with Crippen molar-refractivity contribution in [1.29, 1.82) is 0 Å². The smallest absolute Gasteiger partial charge is 0.270 e. The van der Waals surface area contributed by atoms with Crippen LogP contribution in [0.4, 0.5) is 5.69 Å². The second-order valence-corrected chi connectivity index (χ2v) is 7.04. The molecular formula is C21H23N3O2. The van der Waals surface area contributed by atoms with Crippen molar-refractivity contribution < 1.29 is 4.92 Å². The number of non-ortho nitro benzene ring substituents is 1. The standard InChI is InChI=1S/C21H23N3O2/c1-22-19-11-10-17(24(25)26)14-18(19)21(16-8-4-2-5-9-16)20(22)15-23-12-6-3-7-13-23/h2,4-5,8-11,14H,3,6-7,12-13,15H2,1H3. The van der Waals surface area contributed by atoms with Crippen LogP contribution in [0.25, 0.3) is 22.0 Å². The molecule has 0 spiro atoms. The number of hydrogen-bond acceptors (Lipinski definition) is 3. The Morgan fingerprint density at radius 1 is 1.04 bits per heavy atom. The fourth-order valence-corrected chi connectivity index (χ4v) is 4.04. The van der Waals surface area contributed by atoms with Gasteiger partial charge in [0.05, 0.1) is 4.92 Å². The highest BCUT2D eigenvalue weighted by atomic mass is 16.6. The summed E-state index contributed by atoms with van der Waals surface area (Å²) in [5.74, 6) is 0. The van der Waals surface area contributed by atoms with Crippen molar-refractivity contribution in [3.05, 3.63) is 64.3 Å². The van der Waals surface area contributed by atoms with Crippen LogP contribution in [0, 0.1) is 10.1 Å². The van der Waals surface area contributed by atoms with Gasteiger partial charge in [-0.1, -0.05) is 36.8 Å². The van der Waals surface area contributed by atoms with Crippen LogP contribution in [-0.4, -0.2) is 27.5 Å². The predicted octanol–water partition coefficient (Wildman–Crippen LogP) is 4.74. The third kappa shape index (κ3) is 2.99. The van der Waals surface area contributed by atoms with Gasteiger partial charge in [-0.2, -0.15) is 0 Å². The van der Waals surface area contributed by atoms with Crippen molar-refractivity contribution in [2.75, 3.05) is 13.1 Å². The summed E-state index contributed by atoms with van der Waals surface area (Å²) < 4.78 is 2.20. The Kier molecular flexibility index (Phi) is 4.47. The van der Waals surface area contributed by atoms with Gasteiger partial charge in [-0.15, -0.1) is 0 Å². The van der Waals surface area contributed by atoms with Gasteiger partial charge in [-0.05, 0) is 37.6 Å². The molecule has 5 heteroatoms. The van der Waals surface area contributed by atoms with Crippen LogP contribution in [0.15, 0.2) is 48.5 Å². The second-order valence-electron chi connectivity index (χ2n) is 7.04. The van der Waals surface area contributed by atoms with E-state index >= 15 is 0 Å². The van der Waals surface area contributed by atoms with E-state index in [2.05, 4.69) is 28.6 Å². The molecule has 0 unspecified atom stereocenters. The molecule has 0 N–H and O–H groups in total. The Morgan fingerprint density at radius 2 is 1.77 bits per heavy atom. The minimum absolute atomic E-state index is 0.143. The van der Waals surface area contributed by atoms with Gasteiger partial charge in [0.2, 0.25) is 0 Å². The van der Waals surface area contributed by atoms with Gasteiger partial charge >= 0.3 is 0 Å². The molecule has 0 aliphatic carbocycles. The maximum Gasteiger partial charge on any atom is 0.270 e. The zero-order valence-electron chi connectivity index (χ0n) is 15.0. The number of aryl methyl sites for hydroxylation is 1. The number of nitrogens with zero attached hydrogens (tertiary/aromatic N) is 3. The molecule has 1 fully saturated rings. The van der Waals surface area contributed by atoms with E-state index in [1.54, 1.807) is 12.1 Å². The summed E-state index contributed by atoms with van der Waals surface area (Å²) in [7, 11) is 2.07. The van der Waals surface area contributed by atoms with Crippen LogP contribution in [0.3, 0.4) is 0 Å². The number of hydrogen-bond donors (Lipinski definition) is 0. The summed E-state index contributed by atoms with van der Waals surface area (Å²) >= 11 is 0. The minimum Gasteiger partial charge on any atom is -0.346 e. The van der Waals surface area contributed by atoms with E-state index in [9.17, 15) is 10.1 Å². The number of nitro benzene ring substituents is 1. The largest absolute Gasteiger partial charge is 0.346 e. The van der Waals surface area contributed by atoms with Gasteiger partial charge in [0.25, 0.3) is 5.69 Å². The van der Waals surface area contributed by atoms with Gasteiger partial charge in [0, 0.05) is 47.9 Å². The van der Waals surface area contributed by atoms with E-state index in [-0.39, 0.29) is 10.6 Å². The summed E-state index contributed by atoms with van der Waals surface area (Å²) in [5, 5.41) is 12.2.